The number of nitrogens with two attached hydrogens (primary N) is 1. The summed E-state index contributed by atoms with van der Waals surface area (Å²) in [5, 5.41) is 3.40. The molecule has 1 aromatic carbocycles. The van der Waals surface area contributed by atoms with Gasteiger partial charge in [0, 0.05) is 37.9 Å². The molecule has 4 rings (SSSR count). The zero-order valence-corrected chi connectivity index (χ0v) is 20.8. The van der Waals surface area contributed by atoms with Crippen LogP contribution in [0.25, 0.3) is 5.57 Å². The van der Waals surface area contributed by atoms with Gasteiger partial charge in [-0.3, -0.25) is 4.98 Å². The highest BCUT2D eigenvalue weighted by Crippen LogP contribution is 2.24. The van der Waals surface area contributed by atoms with Gasteiger partial charge in [-0.2, -0.15) is 4.98 Å². The summed E-state index contributed by atoms with van der Waals surface area (Å²) in [6.07, 6.45) is 14.2. The van der Waals surface area contributed by atoms with Crippen LogP contribution in [0.3, 0.4) is 0 Å². The molecule has 0 amide bonds. The molecular formula is C29H34N6. The Labute approximate surface area is 208 Å². The standard InChI is InChI=1S/C29H34N6/c1-4-7-21(3)17-24(8-5-2)23-12-10-22(11-13-23)18-32-28-26(30)19-33-29(34-28)35-16-14-27-25(20-35)9-6-15-31-27/h5-13,15,17,19H,4,14,16,18,20,30H2,1-3H3,(H,32,33,34)/b8-5-,21-7+,24-17+. The Morgan fingerprint density at radius 1 is 1.17 bits per heavy atom. The lowest BCUT2D eigenvalue weighted by Crippen LogP contribution is -2.32. The van der Waals surface area contributed by atoms with Gasteiger partial charge in [-0.15, -0.1) is 0 Å². The topological polar surface area (TPSA) is 80.0 Å². The van der Waals surface area contributed by atoms with Gasteiger partial charge in [-0.1, -0.05) is 67.1 Å². The highest BCUT2D eigenvalue weighted by atomic mass is 15.3. The van der Waals surface area contributed by atoms with E-state index in [-0.39, 0.29) is 0 Å². The molecule has 0 saturated carbocycles. The van der Waals surface area contributed by atoms with Crippen LogP contribution in [0.4, 0.5) is 17.5 Å². The van der Waals surface area contributed by atoms with Gasteiger partial charge in [-0.25, -0.2) is 4.98 Å². The van der Waals surface area contributed by atoms with Crippen molar-refractivity contribution in [2.45, 2.75) is 46.7 Å². The van der Waals surface area contributed by atoms with Crippen LogP contribution in [0, 0.1) is 0 Å². The molecule has 0 aliphatic carbocycles. The summed E-state index contributed by atoms with van der Waals surface area (Å²) in [6.45, 7) is 8.57. The van der Waals surface area contributed by atoms with Crippen molar-refractivity contribution in [2.24, 2.45) is 0 Å². The van der Waals surface area contributed by atoms with Crippen LogP contribution in [0.15, 0.2) is 78.7 Å². The Kier molecular flexibility index (Phi) is 7.93. The number of benzene rings is 1. The van der Waals surface area contributed by atoms with Crippen LogP contribution in [0.2, 0.25) is 0 Å². The summed E-state index contributed by atoms with van der Waals surface area (Å²) in [4.78, 5) is 15.9. The minimum absolute atomic E-state index is 0.543. The molecule has 6 heteroatoms. The SMILES string of the molecule is C\C=C/C(=C\C(C)=C\CC)c1ccc(CNc2nc(N3CCc4ncccc4C3)ncc2N)cc1. The van der Waals surface area contributed by atoms with Crippen molar-refractivity contribution in [1.29, 1.82) is 0 Å². The van der Waals surface area contributed by atoms with Crippen molar-refractivity contribution >= 4 is 23.0 Å². The fraction of sp³-hybridized carbons (Fsp3) is 0.276. The van der Waals surface area contributed by atoms with Crippen LogP contribution in [0.1, 0.15) is 49.6 Å². The number of hydrogen-bond acceptors (Lipinski definition) is 6. The molecule has 0 radical (unpaired) electrons. The molecule has 2 aromatic heterocycles. The monoisotopic (exact) mass is 466 g/mol. The first-order chi connectivity index (χ1) is 17.1. The number of hydrogen-bond donors (Lipinski definition) is 2. The number of nitrogen functional groups attached to an aromatic ring is 1. The largest absolute Gasteiger partial charge is 0.394 e. The van der Waals surface area contributed by atoms with Crippen molar-refractivity contribution in [3.63, 3.8) is 0 Å². The van der Waals surface area contributed by atoms with E-state index >= 15 is 0 Å². The van der Waals surface area contributed by atoms with E-state index in [4.69, 9.17) is 10.7 Å². The van der Waals surface area contributed by atoms with Gasteiger partial charge < -0.3 is 16.0 Å². The molecule has 35 heavy (non-hydrogen) atoms. The van der Waals surface area contributed by atoms with Gasteiger partial charge in [0.1, 0.15) is 0 Å². The molecule has 1 aliphatic heterocycles. The van der Waals surface area contributed by atoms with E-state index in [1.165, 1.54) is 22.3 Å². The lowest BCUT2D eigenvalue weighted by Gasteiger charge is -2.28. The predicted molar refractivity (Wildman–Crippen MR) is 146 cm³/mol. The van der Waals surface area contributed by atoms with E-state index < -0.39 is 0 Å². The molecule has 0 bridgehead atoms. The zero-order chi connectivity index (χ0) is 24.6. The Bertz CT molecular complexity index is 1240. The van der Waals surface area contributed by atoms with Crippen molar-refractivity contribution in [3.05, 3.63) is 101 Å². The normalized spacial score (nSPS) is 14.3. The van der Waals surface area contributed by atoms with Crippen molar-refractivity contribution in [1.82, 2.24) is 15.0 Å². The second-order valence-corrected chi connectivity index (χ2v) is 8.76. The van der Waals surface area contributed by atoms with E-state index in [9.17, 15) is 0 Å². The molecule has 3 N–H and O–H groups in total. The third-order valence-electron chi connectivity index (χ3n) is 6.05. The summed E-state index contributed by atoms with van der Waals surface area (Å²) in [6, 6.07) is 12.7. The fourth-order valence-electron chi connectivity index (χ4n) is 4.25. The van der Waals surface area contributed by atoms with E-state index in [0.717, 1.165) is 37.2 Å². The lowest BCUT2D eigenvalue weighted by atomic mass is 10.0. The molecule has 0 spiro atoms. The molecule has 0 atom stereocenters. The number of aromatic nitrogens is 3. The summed E-state index contributed by atoms with van der Waals surface area (Å²) in [7, 11) is 0. The number of rotatable bonds is 8. The minimum Gasteiger partial charge on any atom is -0.394 e. The Morgan fingerprint density at radius 3 is 2.77 bits per heavy atom. The first-order valence-electron chi connectivity index (χ1n) is 12.2. The summed E-state index contributed by atoms with van der Waals surface area (Å²) in [5.74, 6) is 1.34. The van der Waals surface area contributed by atoms with Gasteiger partial charge in [0.25, 0.3) is 0 Å². The van der Waals surface area contributed by atoms with E-state index in [1.807, 2.05) is 19.2 Å². The highest BCUT2D eigenvalue weighted by molar-refractivity contribution is 5.76. The van der Waals surface area contributed by atoms with Gasteiger partial charge in [0.05, 0.1) is 11.9 Å². The third-order valence-corrected chi connectivity index (χ3v) is 6.05. The van der Waals surface area contributed by atoms with Crippen molar-refractivity contribution in [2.75, 3.05) is 22.5 Å². The molecule has 3 heterocycles. The Hall–Kier alpha value is -3.93. The minimum atomic E-state index is 0.543. The molecule has 0 unspecified atom stereocenters. The highest BCUT2D eigenvalue weighted by Gasteiger charge is 2.19. The molecule has 0 fully saturated rings. The van der Waals surface area contributed by atoms with E-state index in [1.54, 1.807) is 6.20 Å². The number of fused-ring (bicyclic) bond motifs is 1. The van der Waals surface area contributed by atoms with E-state index in [2.05, 4.69) is 88.7 Å². The summed E-state index contributed by atoms with van der Waals surface area (Å²) < 4.78 is 0. The maximum Gasteiger partial charge on any atom is 0.227 e. The molecule has 0 saturated heterocycles. The van der Waals surface area contributed by atoms with Crippen molar-refractivity contribution < 1.29 is 0 Å². The number of nitrogens with one attached hydrogen (secondary N) is 1. The third kappa shape index (κ3) is 6.15. The van der Waals surface area contributed by atoms with Gasteiger partial charge in [0.15, 0.2) is 5.82 Å². The quantitative estimate of drug-likeness (QED) is 0.400. The number of allylic oxidation sites excluding steroid dienone is 6. The average Bonchev–Trinajstić information content (AvgIpc) is 2.88. The van der Waals surface area contributed by atoms with Crippen LogP contribution in [-0.2, 0) is 19.5 Å². The molecular weight excluding hydrogens is 432 g/mol. The van der Waals surface area contributed by atoms with Crippen LogP contribution in [0.5, 0.6) is 0 Å². The fourth-order valence-corrected chi connectivity index (χ4v) is 4.25. The number of pyridine rings is 1. The van der Waals surface area contributed by atoms with Crippen molar-refractivity contribution in [3.8, 4) is 0 Å². The second kappa shape index (κ2) is 11.5. The molecule has 3 aromatic rings. The molecule has 6 nitrogen and oxygen atoms in total. The molecule has 1 aliphatic rings. The zero-order valence-electron chi connectivity index (χ0n) is 20.8. The lowest BCUT2D eigenvalue weighted by molar-refractivity contribution is 0.692. The first kappa shape index (κ1) is 24.2. The van der Waals surface area contributed by atoms with Gasteiger partial charge in [0.2, 0.25) is 5.95 Å². The van der Waals surface area contributed by atoms with Crippen LogP contribution < -0.4 is 16.0 Å². The first-order valence-corrected chi connectivity index (χ1v) is 12.2. The number of nitrogens with zero attached hydrogens (tertiary/aromatic N) is 4. The smallest absolute Gasteiger partial charge is 0.227 e. The Balaban J connectivity index is 1.45. The van der Waals surface area contributed by atoms with Gasteiger partial charge in [-0.05, 0) is 48.6 Å². The average molecular weight is 467 g/mol. The summed E-state index contributed by atoms with van der Waals surface area (Å²) >= 11 is 0. The summed E-state index contributed by atoms with van der Waals surface area (Å²) in [5.41, 5.74) is 13.9. The predicted octanol–water partition coefficient (Wildman–Crippen LogP) is 5.94. The molecule has 180 valence electrons. The van der Waals surface area contributed by atoms with E-state index in [0.29, 0.717) is 24.0 Å². The van der Waals surface area contributed by atoms with Gasteiger partial charge >= 0.3 is 0 Å². The number of anilines is 3. The Morgan fingerprint density at radius 2 is 2.00 bits per heavy atom. The van der Waals surface area contributed by atoms with Crippen LogP contribution in [-0.4, -0.2) is 21.5 Å². The maximum absolute atomic E-state index is 6.19. The second-order valence-electron chi connectivity index (χ2n) is 8.76. The van der Waals surface area contributed by atoms with Crippen LogP contribution >= 0.6 is 0 Å². The maximum atomic E-state index is 6.19.